The third-order valence-electron chi connectivity index (χ3n) is 2.83. The average Bonchev–Trinajstić information content (AvgIpc) is 2.40. The van der Waals surface area contributed by atoms with Gasteiger partial charge in [-0.05, 0) is 37.1 Å². The lowest BCUT2D eigenvalue weighted by atomic mass is 10.1. The van der Waals surface area contributed by atoms with Crippen molar-refractivity contribution in [3.8, 4) is 0 Å². The van der Waals surface area contributed by atoms with Gasteiger partial charge in [0.1, 0.15) is 0 Å². The van der Waals surface area contributed by atoms with E-state index in [-0.39, 0.29) is 6.42 Å². The summed E-state index contributed by atoms with van der Waals surface area (Å²) in [6, 6.07) is 16.3. The molecule has 0 amide bonds. The number of aryl methyl sites for hydroxylation is 2. The highest BCUT2D eigenvalue weighted by atomic mass is 32.2. The Hall–Kier alpha value is -1.74. The molecule has 2 rings (SSSR count). The average molecular weight is 272 g/mol. The standard InChI is InChI=1S/C16H16O2S/c1-12-6-9-14(10-7-12)19-15-5-3-2-4-13(15)8-11-16(17)18/h2-7,9-10H,8,11H2,1H3,(H,17,18). The fraction of sp³-hybridized carbons (Fsp3) is 0.188. The maximum Gasteiger partial charge on any atom is 0.303 e. The van der Waals surface area contributed by atoms with Crippen LogP contribution in [0.5, 0.6) is 0 Å². The van der Waals surface area contributed by atoms with Gasteiger partial charge in [-0.15, -0.1) is 0 Å². The van der Waals surface area contributed by atoms with Crippen LogP contribution in [0.25, 0.3) is 0 Å². The normalized spacial score (nSPS) is 10.4. The van der Waals surface area contributed by atoms with E-state index < -0.39 is 5.97 Å². The van der Waals surface area contributed by atoms with Crippen molar-refractivity contribution in [3.63, 3.8) is 0 Å². The molecule has 0 aromatic heterocycles. The smallest absolute Gasteiger partial charge is 0.303 e. The van der Waals surface area contributed by atoms with E-state index in [1.165, 1.54) is 10.5 Å². The van der Waals surface area contributed by atoms with E-state index in [1.54, 1.807) is 11.8 Å². The number of aliphatic carboxylic acids is 1. The van der Waals surface area contributed by atoms with Crippen LogP contribution in [0, 0.1) is 6.92 Å². The fourth-order valence-corrected chi connectivity index (χ4v) is 2.76. The Balaban J connectivity index is 2.15. The summed E-state index contributed by atoms with van der Waals surface area (Å²) in [6.45, 7) is 2.06. The van der Waals surface area contributed by atoms with Gasteiger partial charge in [-0.3, -0.25) is 4.79 Å². The minimum atomic E-state index is -0.755. The first-order valence-corrected chi connectivity index (χ1v) is 7.01. The lowest BCUT2D eigenvalue weighted by molar-refractivity contribution is -0.136. The molecule has 0 saturated heterocycles. The first-order valence-electron chi connectivity index (χ1n) is 6.19. The van der Waals surface area contributed by atoms with Crippen LogP contribution >= 0.6 is 11.8 Å². The third kappa shape index (κ3) is 4.14. The second-order valence-electron chi connectivity index (χ2n) is 4.42. The molecule has 0 saturated carbocycles. The number of rotatable bonds is 5. The van der Waals surface area contributed by atoms with Crippen molar-refractivity contribution < 1.29 is 9.90 Å². The summed E-state index contributed by atoms with van der Waals surface area (Å²) < 4.78 is 0. The number of carboxylic acid groups (broad SMARTS) is 1. The molecule has 0 spiro atoms. The van der Waals surface area contributed by atoms with Crippen molar-refractivity contribution in [2.45, 2.75) is 29.6 Å². The van der Waals surface area contributed by atoms with Gasteiger partial charge in [0.25, 0.3) is 0 Å². The minimum Gasteiger partial charge on any atom is -0.481 e. The molecule has 0 bridgehead atoms. The van der Waals surface area contributed by atoms with Crippen LogP contribution in [0.3, 0.4) is 0 Å². The molecule has 0 atom stereocenters. The summed E-state index contributed by atoms with van der Waals surface area (Å²) in [4.78, 5) is 13.0. The Morgan fingerprint density at radius 3 is 2.47 bits per heavy atom. The second kappa shape index (κ2) is 6.43. The van der Waals surface area contributed by atoms with Gasteiger partial charge in [0.15, 0.2) is 0 Å². The molecule has 3 heteroatoms. The van der Waals surface area contributed by atoms with E-state index in [2.05, 4.69) is 31.2 Å². The zero-order chi connectivity index (χ0) is 13.7. The van der Waals surface area contributed by atoms with Gasteiger partial charge in [0.2, 0.25) is 0 Å². The van der Waals surface area contributed by atoms with Crippen LogP contribution in [0.1, 0.15) is 17.5 Å². The Morgan fingerprint density at radius 2 is 1.79 bits per heavy atom. The molecule has 0 fully saturated rings. The molecule has 98 valence electrons. The van der Waals surface area contributed by atoms with Gasteiger partial charge < -0.3 is 5.11 Å². The lowest BCUT2D eigenvalue weighted by Crippen LogP contribution is -1.98. The van der Waals surface area contributed by atoms with Gasteiger partial charge in [-0.25, -0.2) is 0 Å². The van der Waals surface area contributed by atoms with Gasteiger partial charge in [-0.2, -0.15) is 0 Å². The van der Waals surface area contributed by atoms with E-state index in [9.17, 15) is 4.79 Å². The van der Waals surface area contributed by atoms with Crippen molar-refractivity contribution in [1.29, 1.82) is 0 Å². The Labute approximate surface area is 117 Å². The predicted octanol–water partition coefficient (Wildman–Crippen LogP) is 4.16. The highest BCUT2D eigenvalue weighted by Crippen LogP contribution is 2.31. The third-order valence-corrected chi connectivity index (χ3v) is 3.96. The van der Waals surface area contributed by atoms with Crippen LogP contribution in [-0.4, -0.2) is 11.1 Å². The summed E-state index contributed by atoms with van der Waals surface area (Å²) in [5.41, 5.74) is 2.33. The summed E-state index contributed by atoms with van der Waals surface area (Å²) in [7, 11) is 0. The predicted molar refractivity (Wildman–Crippen MR) is 77.7 cm³/mol. The van der Waals surface area contributed by atoms with Crippen LogP contribution in [-0.2, 0) is 11.2 Å². The van der Waals surface area contributed by atoms with Crippen molar-refractivity contribution >= 4 is 17.7 Å². The van der Waals surface area contributed by atoms with E-state index in [4.69, 9.17) is 5.11 Å². The molecular weight excluding hydrogens is 256 g/mol. The first-order chi connectivity index (χ1) is 9.15. The van der Waals surface area contributed by atoms with Crippen molar-refractivity contribution in [1.82, 2.24) is 0 Å². The summed E-state index contributed by atoms with van der Waals surface area (Å²) in [5.74, 6) is -0.755. The fourth-order valence-electron chi connectivity index (χ4n) is 1.78. The highest BCUT2D eigenvalue weighted by Gasteiger charge is 2.06. The Kier molecular flexibility index (Phi) is 4.63. The molecule has 0 aliphatic carbocycles. The largest absolute Gasteiger partial charge is 0.481 e. The van der Waals surface area contributed by atoms with Crippen LogP contribution in [0.2, 0.25) is 0 Å². The molecule has 0 aliphatic heterocycles. The minimum absolute atomic E-state index is 0.172. The number of hydrogen-bond acceptors (Lipinski definition) is 2. The van der Waals surface area contributed by atoms with Crippen LogP contribution in [0.4, 0.5) is 0 Å². The molecule has 0 aliphatic rings. The quantitative estimate of drug-likeness (QED) is 0.888. The highest BCUT2D eigenvalue weighted by molar-refractivity contribution is 7.99. The maximum absolute atomic E-state index is 10.7. The molecular formula is C16H16O2S. The van der Waals surface area contributed by atoms with Crippen LogP contribution < -0.4 is 0 Å². The molecule has 0 heterocycles. The molecule has 0 radical (unpaired) electrons. The summed E-state index contributed by atoms with van der Waals surface area (Å²) in [6.07, 6.45) is 0.746. The number of hydrogen-bond donors (Lipinski definition) is 1. The zero-order valence-corrected chi connectivity index (χ0v) is 11.6. The van der Waals surface area contributed by atoms with E-state index in [0.717, 1.165) is 10.5 Å². The molecule has 2 aromatic rings. The molecule has 19 heavy (non-hydrogen) atoms. The molecule has 2 aromatic carbocycles. The Morgan fingerprint density at radius 1 is 1.11 bits per heavy atom. The summed E-state index contributed by atoms with van der Waals surface area (Å²) >= 11 is 1.68. The van der Waals surface area contributed by atoms with Crippen molar-refractivity contribution in [2.24, 2.45) is 0 Å². The van der Waals surface area contributed by atoms with Gasteiger partial charge in [-0.1, -0.05) is 47.7 Å². The molecule has 0 unspecified atom stereocenters. The van der Waals surface area contributed by atoms with Crippen molar-refractivity contribution in [3.05, 3.63) is 59.7 Å². The maximum atomic E-state index is 10.7. The zero-order valence-electron chi connectivity index (χ0n) is 10.8. The number of benzene rings is 2. The number of carboxylic acids is 1. The second-order valence-corrected chi connectivity index (χ2v) is 5.53. The monoisotopic (exact) mass is 272 g/mol. The van der Waals surface area contributed by atoms with Crippen LogP contribution in [0.15, 0.2) is 58.3 Å². The van der Waals surface area contributed by atoms with Gasteiger partial charge >= 0.3 is 5.97 Å². The first kappa shape index (κ1) is 13.7. The van der Waals surface area contributed by atoms with Gasteiger partial charge in [0, 0.05) is 16.2 Å². The van der Waals surface area contributed by atoms with E-state index in [1.807, 2.05) is 24.3 Å². The molecule has 2 nitrogen and oxygen atoms in total. The molecule has 1 N–H and O–H groups in total. The topological polar surface area (TPSA) is 37.3 Å². The number of carbonyl (C=O) groups is 1. The van der Waals surface area contributed by atoms with Crippen molar-refractivity contribution in [2.75, 3.05) is 0 Å². The lowest BCUT2D eigenvalue weighted by Gasteiger charge is -2.08. The summed E-state index contributed by atoms with van der Waals surface area (Å²) in [5, 5.41) is 8.78. The van der Waals surface area contributed by atoms with Gasteiger partial charge in [0.05, 0.1) is 0 Å². The van der Waals surface area contributed by atoms with E-state index >= 15 is 0 Å². The van der Waals surface area contributed by atoms with E-state index in [0.29, 0.717) is 6.42 Å². The SMILES string of the molecule is Cc1ccc(Sc2ccccc2CCC(=O)O)cc1. The Bertz CT molecular complexity index is 561.